The SMILES string of the molecule is CN(Cc1ccc(C#N)cc1)C(=O)[C@@H]1CCCN1C(=O)C1CCCC1. The van der Waals surface area contributed by atoms with Crippen LogP contribution < -0.4 is 0 Å². The zero-order chi connectivity index (χ0) is 17.8. The minimum Gasteiger partial charge on any atom is -0.340 e. The van der Waals surface area contributed by atoms with Crippen molar-refractivity contribution in [2.45, 2.75) is 51.1 Å². The third-order valence-electron chi connectivity index (χ3n) is 5.40. The summed E-state index contributed by atoms with van der Waals surface area (Å²) in [6.07, 6.45) is 5.85. The highest BCUT2D eigenvalue weighted by atomic mass is 16.2. The minimum atomic E-state index is -0.309. The molecule has 1 aliphatic carbocycles. The molecule has 1 aromatic carbocycles. The summed E-state index contributed by atoms with van der Waals surface area (Å²) in [5, 5.41) is 8.86. The average molecular weight is 339 g/mol. The number of hydrogen-bond acceptors (Lipinski definition) is 3. The van der Waals surface area contributed by atoms with E-state index in [4.69, 9.17) is 5.26 Å². The number of likely N-dealkylation sites (tertiary alicyclic amines) is 1. The van der Waals surface area contributed by atoms with Crippen LogP contribution in [0, 0.1) is 17.2 Å². The number of nitriles is 1. The van der Waals surface area contributed by atoms with Crippen LogP contribution in [0.3, 0.4) is 0 Å². The maximum absolute atomic E-state index is 12.9. The topological polar surface area (TPSA) is 64.4 Å². The molecule has 0 N–H and O–H groups in total. The number of amides is 2. The van der Waals surface area contributed by atoms with Gasteiger partial charge in [0.1, 0.15) is 6.04 Å². The molecule has 1 aromatic rings. The smallest absolute Gasteiger partial charge is 0.245 e. The van der Waals surface area contributed by atoms with Crippen LogP contribution in [0.15, 0.2) is 24.3 Å². The van der Waals surface area contributed by atoms with Gasteiger partial charge in [-0.1, -0.05) is 25.0 Å². The number of rotatable bonds is 4. The van der Waals surface area contributed by atoms with Crippen LogP contribution in [-0.4, -0.2) is 41.2 Å². The summed E-state index contributed by atoms with van der Waals surface area (Å²) in [4.78, 5) is 29.1. The molecule has 2 aliphatic rings. The zero-order valence-corrected chi connectivity index (χ0v) is 14.8. The zero-order valence-electron chi connectivity index (χ0n) is 14.8. The first kappa shape index (κ1) is 17.5. The van der Waals surface area contributed by atoms with Gasteiger partial charge in [0, 0.05) is 26.1 Å². The van der Waals surface area contributed by atoms with Crippen LogP contribution in [-0.2, 0) is 16.1 Å². The van der Waals surface area contributed by atoms with Gasteiger partial charge in [0.05, 0.1) is 11.6 Å². The highest BCUT2D eigenvalue weighted by Crippen LogP contribution is 2.30. The summed E-state index contributed by atoms with van der Waals surface area (Å²) in [5.41, 5.74) is 1.60. The van der Waals surface area contributed by atoms with E-state index in [2.05, 4.69) is 6.07 Å². The Morgan fingerprint density at radius 1 is 1.16 bits per heavy atom. The molecule has 0 radical (unpaired) electrons. The van der Waals surface area contributed by atoms with Gasteiger partial charge in [-0.3, -0.25) is 9.59 Å². The second-order valence-electron chi connectivity index (χ2n) is 7.17. The van der Waals surface area contributed by atoms with Crippen molar-refractivity contribution in [1.29, 1.82) is 5.26 Å². The van der Waals surface area contributed by atoms with Crippen molar-refractivity contribution < 1.29 is 9.59 Å². The Labute approximate surface area is 149 Å². The van der Waals surface area contributed by atoms with Crippen molar-refractivity contribution in [3.8, 4) is 6.07 Å². The lowest BCUT2D eigenvalue weighted by Gasteiger charge is -2.30. The molecule has 0 unspecified atom stereocenters. The van der Waals surface area contributed by atoms with Gasteiger partial charge in [-0.15, -0.1) is 0 Å². The van der Waals surface area contributed by atoms with E-state index in [1.807, 2.05) is 17.0 Å². The molecule has 3 rings (SSSR count). The van der Waals surface area contributed by atoms with Crippen molar-refractivity contribution in [2.75, 3.05) is 13.6 Å². The summed E-state index contributed by atoms with van der Waals surface area (Å²) < 4.78 is 0. The van der Waals surface area contributed by atoms with Crippen LogP contribution in [0.25, 0.3) is 0 Å². The Hall–Kier alpha value is -2.35. The van der Waals surface area contributed by atoms with E-state index in [0.29, 0.717) is 18.7 Å². The van der Waals surface area contributed by atoms with Gasteiger partial charge < -0.3 is 9.80 Å². The van der Waals surface area contributed by atoms with E-state index >= 15 is 0 Å². The molecule has 2 amide bonds. The Kier molecular flexibility index (Phi) is 5.37. The van der Waals surface area contributed by atoms with Crippen LogP contribution in [0.4, 0.5) is 0 Å². The van der Waals surface area contributed by atoms with Gasteiger partial charge in [0.15, 0.2) is 0 Å². The average Bonchev–Trinajstić information content (AvgIpc) is 3.32. The summed E-state index contributed by atoms with van der Waals surface area (Å²) in [6, 6.07) is 9.06. The third-order valence-corrected chi connectivity index (χ3v) is 5.40. The maximum Gasteiger partial charge on any atom is 0.245 e. The number of hydrogen-bond donors (Lipinski definition) is 0. The maximum atomic E-state index is 12.9. The fraction of sp³-hybridized carbons (Fsp3) is 0.550. The lowest BCUT2D eigenvalue weighted by Crippen LogP contribution is -2.47. The molecule has 0 spiro atoms. The van der Waals surface area contributed by atoms with Crippen molar-refractivity contribution >= 4 is 11.8 Å². The molecular formula is C20H25N3O2. The molecule has 2 fully saturated rings. The number of benzene rings is 1. The van der Waals surface area contributed by atoms with Gasteiger partial charge in [-0.2, -0.15) is 5.26 Å². The summed E-state index contributed by atoms with van der Waals surface area (Å²) in [6.45, 7) is 1.20. The Balaban J connectivity index is 1.63. The molecular weight excluding hydrogens is 314 g/mol. The minimum absolute atomic E-state index is 0.0215. The second kappa shape index (κ2) is 7.69. The molecule has 0 bridgehead atoms. The van der Waals surface area contributed by atoms with Crippen LogP contribution in [0.1, 0.15) is 49.7 Å². The quantitative estimate of drug-likeness (QED) is 0.847. The lowest BCUT2D eigenvalue weighted by molar-refractivity contribution is -0.145. The predicted octanol–water partition coefficient (Wildman–Crippen LogP) is 2.70. The number of nitrogens with zero attached hydrogens (tertiary/aromatic N) is 3. The van der Waals surface area contributed by atoms with Gasteiger partial charge in [0.25, 0.3) is 0 Å². The van der Waals surface area contributed by atoms with Gasteiger partial charge in [-0.05, 0) is 43.4 Å². The normalized spacial score (nSPS) is 20.5. The first-order valence-electron chi connectivity index (χ1n) is 9.14. The monoisotopic (exact) mass is 339 g/mol. The highest BCUT2D eigenvalue weighted by molar-refractivity contribution is 5.89. The number of carbonyl (C=O) groups excluding carboxylic acids is 2. The highest BCUT2D eigenvalue weighted by Gasteiger charge is 2.38. The fourth-order valence-corrected chi connectivity index (χ4v) is 3.99. The van der Waals surface area contributed by atoms with Crippen molar-refractivity contribution in [3.05, 3.63) is 35.4 Å². The summed E-state index contributed by atoms with van der Waals surface area (Å²) in [7, 11) is 1.79. The van der Waals surface area contributed by atoms with Crippen molar-refractivity contribution in [2.24, 2.45) is 5.92 Å². The van der Waals surface area contributed by atoms with Crippen LogP contribution in [0.2, 0.25) is 0 Å². The van der Waals surface area contributed by atoms with E-state index < -0.39 is 0 Å². The standard InChI is InChI=1S/C20H25N3O2/c1-22(14-16-10-8-15(13-21)9-11-16)20(25)18-7-4-12-23(18)19(24)17-5-2-3-6-17/h8-11,17-18H,2-7,12,14H2,1H3/t18-/m0/s1. The van der Waals surface area contributed by atoms with Crippen molar-refractivity contribution in [1.82, 2.24) is 9.80 Å². The van der Waals surface area contributed by atoms with Gasteiger partial charge >= 0.3 is 0 Å². The van der Waals surface area contributed by atoms with E-state index in [9.17, 15) is 9.59 Å². The van der Waals surface area contributed by atoms with Crippen molar-refractivity contribution in [3.63, 3.8) is 0 Å². The Morgan fingerprint density at radius 3 is 2.48 bits per heavy atom. The summed E-state index contributed by atoms with van der Waals surface area (Å²) >= 11 is 0. The Bertz CT molecular complexity index is 671. The van der Waals surface area contributed by atoms with Crippen LogP contribution >= 0.6 is 0 Å². The number of likely N-dealkylation sites (N-methyl/N-ethyl adjacent to an activating group) is 1. The molecule has 1 saturated carbocycles. The molecule has 1 atom stereocenters. The molecule has 132 valence electrons. The molecule has 25 heavy (non-hydrogen) atoms. The molecule has 5 nitrogen and oxygen atoms in total. The molecule has 1 saturated heterocycles. The molecule has 1 aliphatic heterocycles. The Morgan fingerprint density at radius 2 is 1.84 bits per heavy atom. The molecule has 1 heterocycles. The molecule has 0 aromatic heterocycles. The van der Waals surface area contributed by atoms with E-state index in [1.165, 1.54) is 0 Å². The third kappa shape index (κ3) is 3.84. The van der Waals surface area contributed by atoms with E-state index in [-0.39, 0.29) is 23.8 Å². The first-order chi connectivity index (χ1) is 12.1. The second-order valence-corrected chi connectivity index (χ2v) is 7.17. The lowest BCUT2D eigenvalue weighted by atomic mass is 10.1. The van der Waals surface area contributed by atoms with Gasteiger partial charge in [-0.25, -0.2) is 0 Å². The fourth-order valence-electron chi connectivity index (χ4n) is 3.99. The van der Waals surface area contributed by atoms with Gasteiger partial charge in [0.2, 0.25) is 11.8 Å². The first-order valence-corrected chi connectivity index (χ1v) is 9.14. The van der Waals surface area contributed by atoms with E-state index in [1.54, 1.807) is 24.1 Å². The van der Waals surface area contributed by atoms with Crippen LogP contribution in [0.5, 0.6) is 0 Å². The number of carbonyl (C=O) groups is 2. The summed E-state index contributed by atoms with van der Waals surface area (Å²) in [5.74, 6) is 0.325. The van der Waals surface area contributed by atoms with E-state index in [0.717, 1.165) is 44.1 Å². The predicted molar refractivity (Wildman–Crippen MR) is 94.3 cm³/mol. The molecule has 5 heteroatoms. The largest absolute Gasteiger partial charge is 0.340 e.